The van der Waals surface area contributed by atoms with Crippen molar-refractivity contribution in [1.82, 2.24) is 5.32 Å². The van der Waals surface area contributed by atoms with Crippen LogP contribution in [0.25, 0.3) is 0 Å². The van der Waals surface area contributed by atoms with Gasteiger partial charge in [-0.2, -0.15) is 0 Å². The smallest absolute Gasteiger partial charge is 0.338 e. The molecule has 0 bridgehead atoms. The number of nitrogens with one attached hydrogen (secondary N) is 1. The summed E-state index contributed by atoms with van der Waals surface area (Å²) in [7, 11) is 2.32. The monoisotopic (exact) mass is 886 g/mol. The van der Waals surface area contributed by atoms with E-state index in [1.165, 1.54) is 152 Å². The summed E-state index contributed by atoms with van der Waals surface area (Å²) >= 11 is 0. The second kappa shape index (κ2) is 36.4. The molecule has 0 aliphatic heterocycles. The zero-order valence-corrected chi connectivity index (χ0v) is 39.4. The van der Waals surface area contributed by atoms with Gasteiger partial charge >= 0.3 is 5.97 Å². The van der Waals surface area contributed by atoms with Gasteiger partial charge in [0, 0.05) is 30.4 Å². The van der Waals surface area contributed by atoms with Gasteiger partial charge in [0.05, 0.1) is 21.5 Å². The minimum atomic E-state index is -0.626. The van der Waals surface area contributed by atoms with Crippen molar-refractivity contribution in [2.24, 2.45) is 0 Å². The number of hydrogen-bond donors (Lipinski definition) is 1. The molecule has 0 radical (unpaired) electrons. The second-order valence-corrected chi connectivity index (χ2v) is 19.1. The molecule has 2 rings (SSSR count). The minimum absolute atomic E-state index is 0.113. The highest BCUT2D eigenvalue weighted by atomic mass is 33.1. The molecule has 0 aliphatic rings. The van der Waals surface area contributed by atoms with Gasteiger partial charge in [-0.05, 0) is 31.4 Å². The molecule has 10 nitrogen and oxygen atoms in total. The Bertz CT molecular complexity index is 1470. The van der Waals surface area contributed by atoms with Crippen molar-refractivity contribution in [2.45, 2.75) is 224 Å². The van der Waals surface area contributed by atoms with Crippen LogP contribution in [0.15, 0.2) is 53.4 Å². The van der Waals surface area contributed by atoms with Gasteiger partial charge in [-0.1, -0.05) is 221 Å². The number of amides is 1. The maximum absolute atomic E-state index is 13.5. The summed E-state index contributed by atoms with van der Waals surface area (Å²) in [5, 5.41) is 26.5. The Kier molecular flexibility index (Phi) is 32.2. The second-order valence-electron chi connectivity index (χ2n) is 16.7. The van der Waals surface area contributed by atoms with Gasteiger partial charge in [-0.25, -0.2) is 4.79 Å². The molecule has 2 aromatic rings. The van der Waals surface area contributed by atoms with E-state index in [9.17, 15) is 29.8 Å². The van der Waals surface area contributed by atoms with Crippen molar-refractivity contribution < 1.29 is 24.2 Å². The maximum atomic E-state index is 13.5. The van der Waals surface area contributed by atoms with Crippen molar-refractivity contribution >= 4 is 44.8 Å². The molecular weight excluding hydrogens is 807 g/mol. The van der Waals surface area contributed by atoms with Gasteiger partial charge in [0.25, 0.3) is 11.4 Å². The van der Waals surface area contributed by atoms with Crippen molar-refractivity contribution in [3.8, 4) is 0 Å². The number of nitrogens with zero attached hydrogens (tertiary/aromatic N) is 2. The number of ether oxygens (including phenoxy) is 1. The molecule has 0 spiro atoms. The number of unbranched alkanes of at least 4 members (excludes halogenated alkanes) is 26. The Balaban J connectivity index is 1.98. The third-order valence-electron chi connectivity index (χ3n) is 11.4. The van der Waals surface area contributed by atoms with Crippen LogP contribution in [0, 0.1) is 20.2 Å². The van der Waals surface area contributed by atoms with Gasteiger partial charge in [0.1, 0.15) is 11.0 Å². The molecule has 0 aliphatic carbocycles. The number of esters is 1. The Morgan fingerprint density at radius 3 is 1.52 bits per heavy atom. The quantitative estimate of drug-likeness (QED) is 0.0227. The van der Waals surface area contributed by atoms with E-state index in [2.05, 4.69) is 19.2 Å². The number of non-ortho nitro benzene ring substituents is 1. The molecule has 0 fully saturated rings. The summed E-state index contributed by atoms with van der Waals surface area (Å²) in [6, 6.07) is 11.7. The van der Waals surface area contributed by atoms with Crippen LogP contribution < -0.4 is 5.32 Å². The highest BCUT2D eigenvalue weighted by Gasteiger charge is 2.28. The van der Waals surface area contributed by atoms with Crippen LogP contribution in [-0.4, -0.2) is 39.6 Å². The summed E-state index contributed by atoms with van der Waals surface area (Å²) in [6.07, 6.45) is 34.7. The Hall–Kier alpha value is -3.12. The topological polar surface area (TPSA) is 142 Å². The van der Waals surface area contributed by atoms with Gasteiger partial charge < -0.3 is 10.1 Å². The fourth-order valence-corrected chi connectivity index (χ4v) is 10.1. The number of hydrogen-bond acceptors (Lipinski definition) is 9. The summed E-state index contributed by atoms with van der Waals surface area (Å²) in [5.74, 6) is -0.299. The average molecular weight is 886 g/mol. The predicted molar refractivity (Wildman–Crippen MR) is 255 cm³/mol. The molecule has 0 saturated heterocycles. The molecule has 2 unspecified atom stereocenters. The lowest BCUT2D eigenvalue weighted by Crippen LogP contribution is -2.47. The molecule has 1 N–H and O–H groups in total. The number of rotatable bonds is 40. The van der Waals surface area contributed by atoms with E-state index < -0.39 is 28.0 Å². The molecule has 0 saturated carbocycles. The SMILES string of the molecule is CCCCCCCCCCCCCCCCCC(=O)NC(CSSc1cc([N+](=O)[O-])ccc1[N+](=O)[O-])C(CCCCCCCCCCCCCCC)OC(=O)c1ccccc1. The standard InChI is InChI=1S/C49H79N3O7S2/c1-3-5-7-9-11-13-15-17-18-20-22-24-26-28-33-37-48(53)50-44(41-60-61-47-40-43(51(55)56)38-39-45(47)52(57)58)46(59-49(54)42-34-30-29-31-35-42)36-32-27-25-23-21-19-16-14-12-10-8-6-4-2/h29-31,34-35,38-40,44,46H,3-28,32-33,36-37,41H2,1-2H3,(H,50,53). The van der Waals surface area contributed by atoms with Crippen LogP contribution in [0.4, 0.5) is 11.4 Å². The normalized spacial score (nSPS) is 12.2. The van der Waals surface area contributed by atoms with E-state index in [1.807, 2.05) is 6.07 Å². The maximum Gasteiger partial charge on any atom is 0.338 e. The fraction of sp³-hybridized carbons (Fsp3) is 0.714. The number of benzene rings is 2. The van der Waals surface area contributed by atoms with Crippen molar-refractivity contribution in [3.63, 3.8) is 0 Å². The van der Waals surface area contributed by atoms with Gasteiger partial charge in [0.15, 0.2) is 0 Å². The summed E-state index contributed by atoms with van der Waals surface area (Å²) in [4.78, 5) is 49.2. The zero-order valence-electron chi connectivity index (χ0n) is 37.8. The average Bonchev–Trinajstić information content (AvgIpc) is 3.25. The molecule has 61 heavy (non-hydrogen) atoms. The third kappa shape index (κ3) is 26.8. The highest BCUT2D eigenvalue weighted by molar-refractivity contribution is 8.76. The number of carbonyl (C=O) groups excluding carboxylic acids is 2. The van der Waals surface area contributed by atoms with Crippen LogP contribution in [0.2, 0.25) is 0 Å². The lowest BCUT2D eigenvalue weighted by Gasteiger charge is -2.28. The van der Waals surface area contributed by atoms with E-state index in [1.54, 1.807) is 24.3 Å². The predicted octanol–water partition coefficient (Wildman–Crippen LogP) is 15.7. The van der Waals surface area contributed by atoms with Crippen LogP contribution in [0.5, 0.6) is 0 Å². The highest BCUT2D eigenvalue weighted by Crippen LogP contribution is 2.40. The third-order valence-corrected chi connectivity index (χ3v) is 13.8. The molecule has 0 aromatic heterocycles. The van der Waals surface area contributed by atoms with Crippen LogP contribution >= 0.6 is 21.6 Å². The fourth-order valence-electron chi connectivity index (χ4n) is 7.67. The number of carbonyl (C=O) groups is 2. The van der Waals surface area contributed by atoms with E-state index in [0.717, 1.165) is 67.9 Å². The Morgan fingerprint density at radius 1 is 0.607 bits per heavy atom. The zero-order chi connectivity index (χ0) is 44.2. The number of nitro benzene ring substituents is 2. The van der Waals surface area contributed by atoms with Crippen LogP contribution in [0.3, 0.4) is 0 Å². The first kappa shape index (κ1) is 54.0. The molecular formula is C49H79N3O7S2. The first-order valence-electron chi connectivity index (χ1n) is 24.0. The minimum Gasteiger partial charge on any atom is -0.457 e. The largest absolute Gasteiger partial charge is 0.457 e. The first-order valence-corrected chi connectivity index (χ1v) is 26.4. The Morgan fingerprint density at radius 2 is 1.07 bits per heavy atom. The van der Waals surface area contributed by atoms with E-state index >= 15 is 0 Å². The van der Waals surface area contributed by atoms with Gasteiger partial charge in [-0.15, -0.1) is 0 Å². The summed E-state index contributed by atoms with van der Waals surface area (Å²) in [6.45, 7) is 4.51. The summed E-state index contributed by atoms with van der Waals surface area (Å²) < 4.78 is 6.18. The van der Waals surface area contributed by atoms with Crippen molar-refractivity contribution in [3.05, 3.63) is 74.3 Å². The molecule has 2 atom stereocenters. The van der Waals surface area contributed by atoms with E-state index in [0.29, 0.717) is 18.4 Å². The molecule has 2 aromatic carbocycles. The van der Waals surface area contributed by atoms with Crippen molar-refractivity contribution in [1.29, 1.82) is 0 Å². The summed E-state index contributed by atoms with van der Waals surface area (Å²) in [5.41, 5.74) is -0.0370. The lowest BCUT2D eigenvalue weighted by molar-refractivity contribution is -0.391. The molecule has 1 amide bonds. The molecule has 344 valence electrons. The van der Waals surface area contributed by atoms with Gasteiger partial charge in [0.2, 0.25) is 5.91 Å². The lowest BCUT2D eigenvalue weighted by atomic mass is 10.0. The van der Waals surface area contributed by atoms with Crippen LogP contribution in [0.1, 0.15) is 217 Å². The van der Waals surface area contributed by atoms with Crippen LogP contribution in [-0.2, 0) is 9.53 Å². The first-order chi connectivity index (χ1) is 29.8. The van der Waals surface area contributed by atoms with Crippen molar-refractivity contribution in [2.75, 3.05) is 5.75 Å². The Labute approximate surface area is 376 Å². The van der Waals surface area contributed by atoms with Gasteiger partial charge in [-0.3, -0.25) is 25.0 Å². The van der Waals surface area contributed by atoms with E-state index in [-0.39, 0.29) is 27.9 Å². The molecule has 0 heterocycles. The van der Waals surface area contributed by atoms with E-state index in [4.69, 9.17) is 4.74 Å². The molecule has 12 heteroatoms. The number of nitro groups is 2.